The van der Waals surface area contributed by atoms with Gasteiger partial charge in [-0.1, -0.05) is 13.3 Å². The highest BCUT2D eigenvalue weighted by Crippen LogP contribution is 2.21. The quantitative estimate of drug-likeness (QED) is 0.498. The lowest BCUT2D eigenvalue weighted by atomic mass is 10.0. The van der Waals surface area contributed by atoms with E-state index in [9.17, 15) is 0 Å². The first-order valence-corrected chi connectivity index (χ1v) is 9.60. The second-order valence-electron chi connectivity index (χ2n) is 5.45. The van der Waals surface area contributed by atoms with E-state index in [1.807, 2.05) is 0 Å². The summed E-state index contributed by atoms with van der Waals surface area (Å²) in [6.07, 6.45) is 5.05. The topological polar surface area (TPSA) is 39.7 Å². The molecule has 1 saturated heterocycles. The number of rotatable bonds is 14. The van der Waals surface area contributed by atoms with Crippen molar-refractivity contribution in [2.24, 2.45) is 5.92 Å². The molecule has 0 aromatic carbocycles. The zero-order valence-electron chi connectivity index (χ0n) is 13.6. The Kier molecular flexibility index (Phi) is 13.8. The first-order valence-electron chi connectivity index (χ1n) is 8.45. The molecular weight excluding hydrogens is 286 g/mol. The van der Waals surface area contributed by atoms with Crippen LogP contribution in [0.1, 0.15) is 32.6 Å². The lowest BCUT2D eigenvalue weighted by Crippen LogP contribution is -2.28. The van der Waals surface area contributed by atoms with Crippen molar-refractivity contribution in [1.82, 2.24) is 5.32 Å². The monoisotopic (exact) mass is 319 g/mol. The molecule has 21 heavy (non-hydrogen) atoms. The first-order chi connectivity index (χ1) is 10.4. The minimum atomic E-state index is 0.664. The highest BCUT2D eigenvalue weighted by molar-refractivity contribution is 7.99. The minimum Gasteiger partial charge on any atom is -0.379 e. The molecule has 126 valence electrons. The van der Waals surface area contributed by atoms with Gasteiger partial charge in [0.2, 0.25) is 0 Å². The summed E-state index contributed by atoms with van der Waals surface area (Å²) >= 11 is 2.09. The maximum absolute atomic E-state index is 5.54. The molecule has 0 spiro atoms. The van der Waals surface area contributed by atoms with Crippen molar-refractivity contribution >= 4 is 11.8 Å². The summed E-state index contributed by atoms with van der Waals surface area (Å²) in [4.78, 5) is 0. The first kappa shape index (κ1) is 19.2. The third-order valence-electron chi connectivity index (χ3n) is 3.58. The van der Waals surface area contributed by atoms with Crippen LogP contribution in [0.4, 0.5) is 0 Å². The molecule has 1 heterocycles. The average Bonchev–Trinajstić information content (AvgIpc) is 2.53. The number of ether oxygens (including phenoxy) is 3. The molecule has 5 heteroatoms. The van der Waals surface area contributed by atoms with Crippen molar-refractivity contribution in [3.8, 4) is 0 Å². The predicted octanol–water partition coefficient (Wildman–Crippen LogP) is 2.57. The summed E-state index contributed by atoms with van der Waals surface area (Å²) in [6.45, 7) is 8.60. The van der Waals surface area contributed by atoms with Crippen molar-refractivity contribution in [1.29, 1.82) is 0 Å². The van der Waals surface area contributed by atoms with Crippen LogP contribution < -0.4 is 5.32 Å². The van der Waals surface area contributed by atoms with E-state index >= 15 is 0 Å². The van der Waals surface area contributed by atoms with Crippen molar-refractivity contribution < 1.29 is 14.2 Å². The molecule has 1 N–H and O–H groups in total. The third kappa shape index (κ3) is 12.4. The number of hydrogen-bond donors (Lipinski definition) is 1. The molecule has 0 atom stereocenters. The van der Waals surface area contributed by atoms with Crippen LogP contribution in [0.15, 0.2) is 0 Å². The maximum atomic E-state index is 5.54. The summed E-state index contributed by atoms with van der Waals surface area (Å²) in [5.41, 5.74) is 0. The summed E-state index contributed by atoms with van der Waals surface area (Å²) < 4.78 is 16.4. The smallest absolute Gasteiger partial charge is 0.0701 e. The van der Waals surface area contributed by atoms with Crippen LogP contribution >= 0.6 is 11.8 Å². The van der Waals surface area contributed by atoms with Gasteiger partial charge >= 0.3 is 0 Å². The van der Waals surface area contributed by atoms with Crippen molar-refractivity contribution in [2.45, 2.75) is 32.6 Å². The van der Waals surface area contributed by atoms with E-state index in [-0.39, 0.29) is 0 Å². The van der Waals surface area contributed by atoms with E-state index < -0.39 is 0 Å². The number of hydrogen-bond acceptors (Lipinski definition) is 5. The van der Waals surface area contributed by atoms with E-state index in [0.717, 1.165) is 38.6 Å². The largest absolute Gasteiger partial charge is 0.379 e. The fraction of sp³-hybridized carbons (Fsp3) is 1.00. The van der Waals surface area contributed by atoms with Gasteiger partial charge in [-0.25, -0.2) is 0 Å². The lowest BCUT2D eigenvalue weighted by Gasteiger charge is -2.21. The molecule has 0 radical (unpaired) electrons. The molecule has 4 nitrogen and oxygen atoms in total. The second-order valence-corrected chi connectivity index (χ2v) is 6.68. The Morgan fingerprint density at radius 1 is 0.905 bits per heavy atom. The molecule has 1 rings (SSSR count). The Balaban J connectivity index is 1.69. The summed E-state index contributed by atoms with van der Waals surface area (Å²) in [5, 5.41) is 3.49. The van der Waals surface area contributed by atoms with E-state index in [2.05, 4.69) is 24.0 Å². The molecule has 0 aliphatic carbocycles. The van der Waals surface area contributed by atoms with Gasteiger partial charge in [-0.2, -0.15) is 11.8 Å². The van der Waals surface area contributed by atoms with Crippen LogP contribution in [0.3, 0.4) is 0 Å². The molecule has 0 amide bonds. The Morgan fingerprint density at radius 2 is 1.52 bits per heavy atom. The number of nitrogens with one attached hydrogen (secondary N) is 1. The third-order valence-corrected chi connectivity index (χ3v) is 4.63. The maximum Gasteiger partial charge on any atom is 0.0701 e. The summed E-state index contributed by atoms with van der Waals surface area (Å²) in [5.74, 6) is 3.55. The molecule has 0 aromatic heterocycles. The van der Waals surface area contributed by atoms with Crippen LogP contribution in [-0.2, 0) is 14.2 Å². The van der Waals surface area contributed by atoms with Gasteiger partial charge in [0.15, 0.2) is 0 Å². The average molecular weight is 320 g/mol. The number of thioether (sulfide) groups is 1. The molecule has 0 unspecified atom stereocenters. The van der Waals surface area contributed by atoms with Crippen LogP contribution in [0.2, 0.25) is 0 Å². The van der Waals surface area contributed by atoms with Crippen LogP contribution in [0.5, 0.6) is 0 Å². The van der Waals surface area contributed by atoms with Gasteiger partial charge in [0.05, 0.1) is 33.0 Å². The predicted molar refractivity (Wildman–Crippen MR) is 90.3 cm³/mol. The van der Waals surface area contributed by atoms with Crippen molar-refractivity contribution in [3.05, 3.63) is 0 Å². The Bertz CT molecular complexity index is 214. The van der Waals surface area contributed by atoms with Crippen LogP contribution in [0.25, 0.3) is 0 Å². The second kappa shape index (κ2) is 15.1. The van der Waals surface area contributed by atoms with Gasteiger partial charge in [-0.05, 0) is 43.2 Å². The molecule has 1 fully saturated rings. The highest BCUT2D eigenvalue weighted by Gasteiger charge is 2.12. The van der Waals surface area contributed by atoms with Gasteiger partial charge in [-0.15, -0.1) is 0 Å². The fourth-order valence-electron chi connectivity index (χ4n) is 2.19. The van der Waals surface area contributed by atoms with E-state index in [4.69, 9.17) is 14.2 Å². The van der Waals surface area contributed by atoms with Crippen molar-refractivity contribution in [2.75, 3.05) is 64.2 Å². The van der Waals surface area contributed by atoms with Gasteiger partial charge in [-0.3, -0.25) is 0 Å². The Hall–Kier alpha value is 0.190. The number of unbranched alkanes of at least 4 members (excludes halogenated alkanes) is 1. The minimum absolute atomic E-state index is 0.664. The van der Waals surface area contributed by atoms with Gasteiger partial charge in [0, 0.05) is 13.2 Å². The fourth-order valence-corrected chi connectivity index (χ4v) is 3.39. The van der Waals surface area contributed by atoms with Gasteiger partial charge in [0.25, 0.3) is 0 Å². The Morgan fingerprint density at radius 3 is 2.19 bits per heavy atom. The molecule has 0 aromatic rings. The molecule has 0 bridgehead atoms. The molecule has 0 saturated carbocycles. The van der Waals surface area contributed by atoms with E-state index in [0.29, 0.717) is 26.4 Å². The van der Waals surface area contributed by atoms with Gasteiger partial charge in [0.1, 0.15) is 0 Å². The SMILES string of the molecule is CCCCOCCOCCOCCNCC1CCSCC1. The molecule has 1 aliphatic rings. The highest BCUT2D eigenvalue weighted by atomic mass is 32.2. The van der Waals surface area contributed by atoms with Crippen molar-refractivity contribution in [3.63, 3.8) is 0 Å². The Labute approximate surface area is 134 Å². The molecule has 1 aliphatic heterocycles. The lowest BCUT2D eigenvalue weighted by molar-refractivity contribution is 0.0146. The van der Waals surface area contributed by atoms with Gasteiger partial charge < -0.3 is 19.5 Å². The van der Waals surface area contributed by atoms with E-state index in [1.54, 1.807) is 0 Å². The van der Waals surface area contributed by atoms with E-state index in [1.165, 1.54) is 30.8 Å². The summed E-state index contributed by atoms with van der Waals surface area (Å²) in [6, 6.07) is 0. The summed E-state index contributed by atoms with van der Waals surface area (Å²) in [7, 11) is 0. The van der Waals surface area contributed by atoms with Crippen LogP contribution in [0, 0.1) is 5.92 Å². The zero-order chi connectivity index (χ0) is 15.0. The molecular formula is C16H33NO3S. The standard InChI is InChI=1S/C16H33NO3S/c1-2-3-7-18-9-11-20-12-10-19-8-6-17-15-16-4-13-21-14-5-16/h16-17H,2-15H2,1H3. The van der Waals surface area contributed by atoms with Crippen LogP contribution in [-0.4, -0.2) is 64.2 Å². The zero-order valence-corrected chi connectivity index (χ0v) is 14.4. The normalized spacial score (nSPS) is 16.4.